The fourth-order valence-corrected chi connectivity index (χ4v) is 2.33. The van der Waals surface area contributed by atoms with Crippen LogP contribution in [0.5, 0.6) is 0 Å². The van der Waals surface area contributed by atoms with Crippen LogP contribution in [0.4, 0.5) is 20.2 Å². The van der Waals surface area contributed by atoms with E-state index >= 15 is 0 Å². The number of hydrogen-bond donors (Lipinski definition) is 2. The van der Waals surface area contributed by atoms with E-state index in [1.165, 1.54) is 0 Å². The number of benzene rings is 2. The van der Waals surface area contributed by atoms with Crippen LogP contribution in [-0.4, -0.2) is 4.99 Å². The van der Waals surface area contributed by atoms with Gasteiger partial charge in [-0.25, -0.2) is 8.78 Å². The molecule has 3 N–H and O–H groups in total. The lowest BCUT2D eigenvalue weighted by Gasteiger charge is -2.12. The predicted octanol–water partition coefficient (Wildman–Crippen LogP) is 4.41. The van der Waals surface area contributed by atoms with Gasteiger partial charge in [0, 0.05) is 15.7 Å². The van der Waals surface area contributed by atoms with Crippen molar-refractivity contribution in [2.24, 2.45) is 5.73 Å². The summed E-state index contributed by atoms with van der Waals surface area (Å²) in [6.07, 6.45) is 0. The van der Waals surface area contributed by atoms with Crippen LogP contribution in [0.15, 0.2) is 34.8 Å². The Labute approximate surface area is 129 Å². The highest BCUT2D eigenvalue weighted by Gasteiger charge is 2.13. The molecule has 0 spiro atoms. The van der Waals surface area contributed by atoms with Crippen LogP contribution in [0.1, 0.15) is 11.1 Å². The molecule has 0 aliphatic heterocycles. The van der Waals surface area contributed by atoms with Crippen LogP contribution < -0.4 is 11.1 Å². The quantitative estimate of drug-likeness (QED) is 0.799. The maximum Gasteiger partial charge on any atom is 0.150 e. The maximum absolute atomic E-state index is 13.9. The van der Waals surface area contributed by atoms with Crippen molar-refractivity contribution in [1.82, 2.24) is 0 Å². The smallest absolute Gasteiger partial charge is 0.150 e. The molecule has 0 amide bonds. The summed E-state index contributed by atoms with van der Waals surface area (Å²) in [4.78, 5) is -0.0471. The summed E-state index contributed by atoms with van der Waals surface area (Å²) in [5.74, 6) is -1.48. The van der Waals surface area contributed by atoms with E-state index in [0.717, 1.165) is 22.2 Å². The van der Waals surface area contributed by atoms with Crippen LogP contribution in [0.25, 0.3) is 0 Å². The van der Waals surface area contributed by atoms with E-state index in [4.69, 9.17) is 18.0 Å². The van der Waals surface area contributed by atoms with E-state index in [1.54, 1.807) is 12.1 Å². The van der Waals surface area contributed by atoms with E-state index in [1.807, 2.05) is 13.0 Å². The summed E-state index contributed by atoms with van der Waals surface area (Å²) in [5, 5.41) is 2.75. The van der Waals surface area contributed by atoms with Gasteiger partial charge in [0.1, 0.15) is 22.3 Å². The normalized spacial score (nSPS) is 10.4. The number of aryl methyl sites for hydroxylation is 1. The first-order valence-electron chi connectivity index (χ1n) is 5.70. The van der Waals surface area contributed by atoms with E-state index in [9.17, 15) is 8.78 Å². The van der Waals surface area contributed by atoms with Gasteiger partial charge in [-0.1, -0.05) is 28.1 Å². The van der Waals surface area contributed by atoms with Crippen LogP contribution in [0.2, 0.25) is 0 Å². The number of nitrogens with one attached hydrogen (secondary N) is 1. The third-order valence-corrected chi connectivity index (χ3v) is 3.50. The predicted molar refractivity (Wildman–Crippen MR) is 84.4 cm³/mol. The largest absolute Gasteiger partial charge is 0.389 e. The van der Waals surface area contributed by atoms with Crippen LogP contribution in [0, 0.1) is 18.6 Å². The minimum Gasteiger partial charge on any atom is -0.389 e. The second-order valence-electron chi connectivity index (χ2n) is 4.26. The van der Waals surface area contributed by atoms with Crippen LogP contribution >= 0.6 is 28.1 Å². The van der Waals surface area contributed by atoms with Gasteiger partial charge in [-0.3, -0.25) is 0 Å². The third kappa shape index (κ3) is 3.13. The van der Waals surface area contributed by atoms with Gasteiger partial charge in [-0.15, -0.1) is 0 Å². The molecule has 0 unspecified atom stereocenters. The van der Waals surface area contributed by atoms with E-state index < -0.39 is 11.6 Å². The van der Waals surface area contributed by atoms with Gasteiger partial charge < -0.3 is 11.1 Å². The SMILES string of the molecule is Cc1cc(Br)ccc1Nc1c(F)cc(C(N)=S)cc1F. The van der Waals surface area contributed by atoms with Crippen molar-refractivity contribution >= 4 is 44.5 Å². The summed E-state index contributed by atoms with van der Waals surface area (Å²) in [6, 6.07) is 7.60. The second kappa shape index (κ2) is 5.85. The Morgan fingerprint density at radius 1 is 1.20 bits per heavy atom. The molecule has 0 bridgehead atoms. The monoisotopic (exact) mass is 356 g/mol. The molecule has 0 aliphatic rings. The van der Waals surface area contributed by atoms with Gasteiger partial charge in [0.2, 0.25) is 0 Å². The first-order chi connectivity index (χ1) is 9.38. The van der Waals surface area contributed by atoms with Crippen molar-refractivity contribution < 1.29 is 8.78 Å². The molecule has 0 aromatic heterocycles. The highest BCUT2D eigenvalue weighted by molar-refractivity contribution is 9.10. The van der Waals surface area contributed by atoms with Gasteiger partial charge in [-0.05, 0) is 42.8 Å². The van der Waals surface area contributed by atoms with Crippen molar-refractivity contribution in [2.75, 3.05) is 5.32 Å². The summed E-state index contributed by atoms with van der Waals surface area (Å²) in [7, 11) is 0. The molecule has 0 saturated carbocycles. The number of anilines is 2. The lowest BCUT2D eigenvalue weighted by atomic mass is 10.1. The van der Waals surface area contributed by atoms with Gasteiger partial charge in [-0.2, -0.15) is 0 Å². The Hall–Kier alpha value is -1.53. The number of nitrogens with two attached hydrogens (primary N) is 1. The lowest BCUT2D eigenvalue weighted by Crippen LogP contribution is -2.11. The molecule has 20 heavy (non-hydrogen) atoms. The van der Waals surface area contributed by atoms with Gasteiger partial charge in [0.05, 0.1) is 0 Å². The minimum atomic E-state index is -0.741. The number of halogens is 3. The molecular formula is C14H11BrF2N2S. The average molecular weight is 357 g/mol. The summed E-state index contributed by atoms with van der Waals surface area (Å²) in [6.45, 7) is 1.84. The average Bonchev–Trinajstić information content (AvgIpc) is 2.35. The number of hydrogen-bond acceptors (Lipinski definition) is 2. The van der Waals surface area contributed by atoms with Crippen molar-refractivity contribution in [2.45, 2.75) is 6.92 Å². The van der Waals surface area contributed by atoms with Crippen molar-refractivity contribution in [3.63, 3.8) is 0 Å². The Balaban J connectivity index is 2.41. The molecule has 0 fully saturated rings. The zero-order valence-electron chi connectivity index (χ0n) is 10.5. The fraction of sp³-hybridized carbons (Fsp3) is 0.0714. The molecule has 0 saturated heterocycles. The molecule has 2 nitrogen and oxygen atoms in total. The van der Waals surface area contributed by atoms with Crippen LogP contribution in [-0.2, 0) is 0 Å². The van der Waals surface area contributed by atoms with E-state index in [2.05, 4.69) is 21.2 Å². The van der Waals surface area contributed by atoms with Crippen LogP contribution in [0.3, 0.4) is 0 Å². The van der Waals surface area contributed by atoms with E-state index in [-0.39, 0.29) is 16.2 Å². The highest BCUT2D eigenvalue weighted by Crippen LogP contribution is 2.28. The lowest BCUT2D eigenvalue weighted by molar-refractivity contribution is 0.590. The molecular weight excluding hydrogens is 346 g/mol. The number of rotatable bonds is 3. The molecule has 0 radical (unpaired) electrons. The summed E-state index contributed by atoms with van der Waals surface area (Å²) in [5.41, 5.74) is 6.78. The molecule has 2 aromatic rings. The Kier molecular flexibility index (Phi) is 4.35. The Bertz CT molecular complexity index is 666. The highest BCUT2D eigenvalue weighted by atomic mass is 79.9. The number of thiocarbonyl (C=S) groups is 1. The van der Waals surface area contributed by atoms with E-state index in [0.29, 0.717) is 5.69 Å². The third-order valence-electron chi connectivity index (χ3n) is 2.77. The molecule has 2 rings (SSSR count). The molecule has 104 valence electrons. The van der Waals surface area contributed by atoms with Gasteiger partial charge >= 0.3 is 0 Å². The van der Waals surface area contributed by atoms with Crippen molar-refractivity contribution in [3.8, 4) is 0 Å². The van der Waals surface area contributed by atoms with Gasteiger partial charge in [0.25, 0.3) is 0 Å². The van der Waals surface area contributed by atoms with Crippen molar-refractivity contribution in [3.05, 3.63) is 57.6 Å². The molecule has 2 aromatic carbocycles. The first-order valence-corrected chi connectivity index (χ1v) is 6.90. The molecule has 6 heteroatoms. The first kappa shape index (κ1) is 14.9. The zero-order valence-corrected chi connectivity index (χ0v) is 12.9. The Morgan fingerprint density at radius 3 is 2.30 bits per heavy atom. The fourth-order valence-electron chi connectivity index (χ4n) is 1.74. The zero-order chi connectivity index (χ0) is 14.9. The minimum absolute atomic E-state index is 0.0471. The topological polar surface area (TPSA) is 38.0 Å². The standard InChI is InChI=1S/C14H11BrF2N2S/c1-7-4-9(15)2-3-12(7)19-13-10(16)5-8(14(18)20)6-11(13)17/h2-6,19H,1H3,(H2,18,20). The second-order valence-corrected chi connectivity index (χ2v) is 5.62. The molecule has 0 atom stereocenters. The summed E-state index contributed by atoms with van der Waals surface area (Å²) >= 11 is 8.04. The van der Waals surface area contributed by atoms with Crippen molar-refractivity contribution in [1.29, 1.82) is 0 Å². The Morgan fingerprint density at radius 2 is 1.80 bits per heavy atom. The molecule has 0 heterocycles. The molecule has 0 aliphatic carbocycles. The van der Waals surface area contributed by atoms with Gasteiger partial charge in [0.15, 0.2) is 0 Å². The summed E-state index contributed by atoms with van der Waals surface area (Å²) < 4.78 is 28.8. The maximum atomic E-state index is 13.9.